The van der Waals surface area contributed by atoms with Gasteiger partial charge in [-0.15, -0.1) is 11.3 Å². The highest BCUT2D eigenvalue weighted by Crippen LogP contribution is 2.49. The third-order valence-electron chi connectivity index (χ3n) is 2.56. The van der Waals surface area contributed by atoms with Crippen LogP contribution in [0.1, 0.15) is 34.3 Å². The predicted molar refractivity (Wildman–Crippen MR) is 58.4 cm³/mol. The van der Waals surface area contributed by atoms with Gasteiger partial charge < -0.3 is 0 Å². The Morgan fingerprint density at radius 1 is 1.62 bits per heavy atom. The van der Waals surface area contributed by atoms with Crippen LogP contribution in [0.5, 0.6) is 0 Å². The van der Waals surface area contributed by atoms with Gasteiger partial charge in [0, 0.05) is 14.8 Å². The number of rotatable bonds is 2. The highest BCUT2D eigenvalue weighted by atomic mass is 79.9. The second-order valence-electron chi connectivity index (χ2n) is 3.92. The van der Waals surface area contributed by atoms with Crippen molar-refractivity contribution in [1.82, 2.24) is 0 Å². The lowest BCUT2D eigenvalue weighted by Gasteiger charge is -2.04. The number of carbonyl (C=O) groups excluding carboxylic acids is 1. The monoisotopic (exact) mass is 258 g/mol. The van der Waals surface area contributed by atoms with Crippen LogP contribution in [-0.4, -0.2) is 5.78 Å². The average molecular weight is 259 g/mol. The summed E-state index contributed by atoms with van der Waals surface area (Å²) in [6.07, 6.45) is 2.10. The molecule has 1 aromatic rings. The van der Waals surface area contributed by atoms with E-state index < -0.39 is 0 Å². The summed E-state index contributed by atoms with van der Waals surface area (Å²) in [5.74, 6) is 0.317. The van der Waals surface area contributed by atoms with E-state index in [0.29, 0.717) is 5.78 Å². The molecule has 3 heteroatoms. The third kappa shape index (κ3) is 1.59. The largest absolute Gasteiger partial charge is 0.293 e. The van der Waals surface area contributed by atoms with Crippen LogP contribution >= 0.6 is 27.3 Å². The van der Waals surface area contributed by atoms with Crippen LogP contribution in [0.3, 0.4) is 0 Å². The number of hydrogen-bond donors (Lipinski definition) is 0. The van der Waals surface area contributed by atoms with Crippen LogP contribution in [0.15, 0.2) is 10.5 Å². The Balaban J connectivity index is 2.35. The minimum atomic E-state index is -0.0419. The molecule has 1 nitrogen and oxygen atoms in total. The quantitative estimate of drug-likeness (QED) is 0.738. The fraction of sp³-hybridized carbons (Fsp3) is 0.500. The van der Waals surface area contributed by atoms with Gasteiger partial charge in [0.15, 0.2) is 5.78 Å². The van der Waals surface area contributed by atoms with Gasteiger partial charge in [-0.25, -0.2) is 0 Å². The molecule has 1 aliphatic carbocycles. The van der Waals surface area contributed by atoms with Crippen LogP contribution in [0.2, 0.25) is 0 Å². The molecule has 0 N–H and O–H groups in total. The Morgan fingerprint density at radius 2 is 2.23 bits per heavy atom. The van der Waals surface area contributed by atoms with Crippen LogP contribution in [0.25, 0.3) is 0 Å². The summed E-state index contributed by atoms with van der Waals surface area (Å²) in [6, 6.07) is 2.02. The Hall–Kier alpha value is -0.150. The zero-order valence-corrected chi connectivity index (χ0v) is 10.1. The van der Waals surface area contributed by atoms with E-state index in [4.69, 9.17) is 0 Å². The van der Waals surface area contributed by atoms with Gasteiger partial charge >= 0.3 is 0 Å². The molecular weight excluding hydrogens is 248 g/mol. The molecule has 0 unspecified atom stereocenters. The lowest BCUT2D eigenvalue weighted by Crippen LogP contribution is -2.10. The summed E-state index contributed by atoms with van der Waals surface area (Å²) in [5.41, 5.74) is -0.0419. The maximum Gasteiger partial charge on any atom is 0.179 e. The molecule has 13 heavy (non-hydrogen) atoms. The Kier molecular flexibility index (Phi) is 2.11. The predicted octanol–water partition coefficient (Wildman–Crippen LogP) is 3.80. The van der Waals surface area contributed by atoms with Gasteiger partial charge in [0.1, 0.15) is 0 Å². The van der Waals surface area contributed by atoms with Crippen molar-refractivity contribution >= 4 is 33.0 Å². The molecule has 0 atom stereocenters. The second kappa shape index (κ2) is 2.92. The first kappa shape index (κ1) is 9.41. The molecule has 1 aliphatic rings. The van der Waals surface area contributed by atoms with Gasteiger partial charge in [0.05, 0.1) is 4.88 Å². The van der Waals surface area contributed by atoms with Gasteiger partial charge in [-0.2, -0.15) is 0 Å². The van der Waals surface area contributed by atoms with E-state index in [1.165, 1.54) is 4.88 Å². The number of thiophene rings is 1. The summed E-state index contributed by atoms with van der Waals surface area (Å²) >= 11 is 5.02. The molecule has 0 bridgehead atoms. The van der Waals surface area contributed by atoms with Gasteiger partial charge in [0.25, 0.3) is 0 Å². The van der Waals surface area contributed by atoms with Gasteiger partial charge in [-0.1, -0.05) is 6.92 Å². The Morgan fingerprint density at radius 3 is 2.62 bits per heavy atom. The normalized spacial score (nSPS) is 18.7. The van der Waals surface area contributed by atoms with E-state index in [-0.39, 0.29) is 5.41 Å². The standard InChI is InChI=1S/C10H11BrOS/c1-6-5-7(11)8(13-6)9(12)10(2)3-4-10/h5H,3-4H2,1-2H3. The Labute approximate surface area is 90.3 Å². The first-order chi connectivity index (χ1) is 6.03. The minimum Gasteiger partial charge on any atom is -0.293 e. The van der Waals surface area contributed by atoms with Crippen molar-refractivity contribution in [3.8, 4) is 0 Å². The van der Waals surface area contributed by atoms with E-state index in [9.17, 15) is 4.79 Å². The van der Waals surface area contributed by atoms with Crippen molar-refractivity contribution in [3.05, 3.63) is 20.3 Å². The molecular formula is C10H11BrOS. The molecule has 0 aliphatic heterocycles. The van der Waals surface area contributed by atoms with Crippen molar-refractivity contribution in [1.29, 1.82) is 0 Å². The SMILES string of the molecule is Cc1cc(Br)c(C(=O)C2(C)CC2)s1. The smallest absolute Gasteiger partial charge is 0.179 e. The van der Waals surface area contributed by atoms with Crippen molar-refractivity contribution in [3.63, 3.8) is 0 Å². The van der Waals surface area contributed by atoms with E-state index in [1.54, 1.807) is 11.3 Å². The molecule has 0 amide bonds. The fourth-order valence-corrected chi connectivity index (χ4v) is 3.24. The molecule has 0 radical (unpaired) electrons. The number of Topliss-reactive ketones (excluding diaryl/α,β-unsaturated/α-hetero) is 1. The van der Waals surface area contributed by atoms with Gasteiger partial charge in [0.2, 0.25) is 0 Å². The number of ketones is 1. The maximum absolute atomic E-state index is 11.9. The molecule has 1 fully saturated rings. The van der Waals surface area contributed by atoms with Crippen LogP contribution in [0, 0.1) is 12.3 Å². The Bertz CT molecular complexity index is 363. The molecule has 0 aromatic carbocycles. The highest BCUT2D eigenvalue weighted by molar-refractivity contribution is 9.10. The summed E-state index contributed by atoms with van der Waals surface area (Å²) < 4.78 is 0.966. The van der Waals surface area contributed by atoms with Crippen molar-refractivity contribution in [2.75, 3.05) is 0 Å². The first-order valence-electron chi connectivity index (χ1n) is 4.34. The summed E-state index contributed by atoms with van der Waals surface area (Å²) in [7, 11) is 0. The van der Waals surface area contributed by atoms with E-state index in [2.05, 4.69) is 22.9 Å². The van der Waals surface area contributed by atoms with Crippen molar-refractivity contribution in [2.24, 2.45) is 5.41 Å². The van der Waals surface area contributed by atoms with Crippen LogP contribution in [-0.2, 0) is 0 Å². The average Bonchev–Trinajstić information content (AvgIpc) is 2.71. The minimum absolute atomic E-state index is 0.0419. The van der Waals surface area contributed by atoms with Crippen molar-refractivity contribution < 1.29 is 4.79 Å². The lowest BCUT2D eigenvalue weighted by atomic mass is 10.0. The summed E-state index contributed by atoms with van der Waals surface area (Å²) in [5, 5.41) is 0. The molecule has 1 heterocycles. The number of aryl methyl sites for hydroxylation is 1. The lowest BCUT2D eigenvalue weighted by molar-refractivity contribution is 0.0916. The summed E-state index contributed by atoms with van der Waals surface area (Å²) in [6.45, 7) is 4.08. The molecule has 70 valence electrons. The fourth-order valence-electron chi connectivity index (χ4n) is 1.33. The molecule has 1 saturated carbocycles. The number of hydrogen-bond acceptors (Lipinski definition) is 2. The van der Waals surface area contributed by atoms with E-state index >= 15 is 0 Å². The van der Waals surface area contributed by atoms with Crippen LogP contribution < -0.4 is 0 Å². The second-order valence-corrected chi connectivity index (χ2v) is 6.03. The van der Waals surface area contributed by atoms with Gasteiger partial charge in [-0.3, -0.25) is 4.79 Å². The topological polar surface area (TPSA) is 17.1 Å². The maximum atomic E-state index is 11.9. The first-order valence-corrected chi connectivity index (χ1v) is 5.95. The molecule has 1 aromatic heterocycles. The number of halogens is 1. The van der Waals surface area contributed by atoms with Crippen LogP contribution in [0.4, 0.5) is 0 Å². The zero-order chi connectivity index (χ0) is 9.64. The highest BCUT2D eigenvalue weighted by Gasteiger charge is 2.46. The van der Waals surface area contributed by atoms with Gasteiger partial charge in [-0.05, 0) is 41.8 Å². The van der Waals surface area contributed by atoms with E-state index in [1.807, 2.05) is 13.0 Å². The molecule has 0 spiro atoms. The molecule has 2 rings (SSSR count). The number of carbonyl (C=O) groups is 1. The zero-order valence-electron chi connectivity index (χ0n) is 7.69. The van der Waals surface area contributed by atoms with E-state index in [0.717, 1.165) is 22.2 Å². The third-order valence-corrected chi connectivity index (χ3v) is 4.50. The summed E-state index contributed by atoms with van der Waals surface area (Å²) in [4.78, 5) is 14.0. The van der Waals surface area contributed by atoms with Crippen molar-refractivity contribution in [2.45, 2.75) is 26.7 Å². The molecule has 0 saturated heterocycles.